The number of anilines is 2. The fourth-order valence-electron chi connectivity index (χ4n) is 4.73. The zero-order valence-electron chi connectivity index (χ0n) is 23.9. The number of nitrogens with two attached hydrogens (primary N) is 1. The Labute approximate surface area is 257 Å². The summed E-state index contributed by atoms with van der Waals surface area (Å²) in [5.41, 5.74) is 9.75. The molecule has 0 saturated heterocycles. The number of fused-ring (bicyclic) bond motifs is 1. The van der Waals surface area contributed by atoms with Gasteiger partial charge in [-0.15, -0.1) is 0 Å². The number of halogens is 1. The van der Waals surface area contributed by atoms with Crippen LogP contribution in [-0.4, -0.2) is 44.6 Å². The molecule has 2 aromatic carbocycles. The first-order valence-corrected chi connectivity index (χ1v) is 15.4. The lowest BCUT2D eigenvalue weighted by atomic mass is 10.2. The van der Waals surface area contributed by atoms with E-state index in [2.05, 4.69) is 25.3 Å². The highest BCUT2D eigenvalue weighted by molar-refractivity contribution is 7.91. The van der Waals surface area contributed by atoms with E-state index in [0.717, 1.165) is 5.69 Å². The number of nitrogens with zero attached hydrogens (tertiary/aromatic N) is 5. The van der Waals surface area contributed by atoms with Crippen LogP contribution >= 0.6 is 0 Å². The topological polar surface area (TPSA) is 155 Å². The molecule has 3 N–H and O–H groups in total. The van der Waals surface area contributed by atoms with Crippen molar-refractivity contribution in [1.82, 2.24) is 24.5 Å². The number of rotatable bonds is 9. The highest BCUT2D eigenvalue weighted by Crippen LogP contribution is 2.34. The Bertz CT molecular complexity index is 2140. The molecule has 45 heavy (non-hydrogen) atoms. The first kappa shape index (κ1) is 29.4. The first-order valence-electron chi connectivity index (χ1n) is 13.8. The van der Waals surface area contributed by atoms with Crippen LogP contribution in [0, 0.1) is 12.7 Å². The smallest absolute Gasteiger partial charge is 0.225 e. The maximum absolute atomic E-state index is 15.3. The van der Waals surface area contributed by atoms with Crippen molar-refractivity contribution in [2.24, 2.45) is 0 Å². The number of pyridine rings is 2. The number of amides is 1. The molecule has 0 atom stereocenters. The predicted octanol–water partition coefficient (Wildman–Crippen LogP) is 5.50. The Kier molecular flexibility index (Phi) is 7.92. The predicted molar refractivity (Wildman–Crippen MR) is 167 cm³/mol. The average molecular weight is 624 g/mol. The van der Waals surface area contributed by atoms with Crippen LogP contribution in [0.5, 0.6) is 11.6 Å². The van der Waals surface area contributed by atoms with Gasteiger partial charge in [-0.2, -0.15) is 0 Å². The van der Waals surface area contributed by atoms with Crippen LogP contribution < -0.4 is 15.8 Å². The van der Waals surface area contributed by atoms with Crippen LogP contribution in [0.4, 0.5) is 15.9 Å². The zero-order chi connectivity index (χ0) is 31.6. The minimum absolute atomic E-state index is 0.00567. The van der Waals surface area contributed by atoms with Crippen LogP contribution in [0.3, 0.4) is 0 Å². The largest absolute Gasteiger partial charge is 0.436 e. The van der Waals surface area contributed by atoms with Gasteiger partial charge in [-0.1, -0.05) is 24.3 Å². The summed E-state index contributed by atoms with van der Waals surface area (Å²) < 4.78 is 47.8. The second kappa shape index (κ2) is 12.1. The average Bonchev–Trinajstić information content (AvgIpc) is 3.43. The number of carbonyl (C=O) groups is 1. The molecule has 6 rings (SSSR count). The van der Waals surface area contributed by atoms with E-state index in [0.29, 0.717) is 33.8 Å². The molecule has 0 spiro atoms. The summed E-state index contributed by atoms with van der Waals surface area (Å²) in [4.78, 5) is 29.9. The van der Waals surface area contributed by atoms with Crippen molar-refractivity contribution in [2.45, 2.75) is 18.2 Å². The maximum atomic E-state index is 15.3. The molecule has 226 valence electrons. The van der Waals surface area contributed by atoms with Gasteiger partial charge in [0.2, 0.25) is 11.8 Å². The van der Waals surface area contributed by atoms with E-state index in [1.54, 1.807) is 59.2 Å². The van der Waals surface area contributed by atoms with Crippen molar-refractivity contribution in [1.29, 1.82) is 0 Å². The van der Waals surface area contributed by atoms with Crippen LogP contribution in [0.25, 0.3) is 28.1 Å². The molecule has 13 heteroatoms. The normalized spacial score (nSPS) is 11.4. The number of hydrogen-bond acceptors (Lipinski definition) is 9. The number of carbonyl (C=O) groups excluding carboxylic acids is 1. The number of nitrogens with one attached hydrogen (secondary N) is 1. The molecule has 0 radical (unpaired) electrons. The molecular weight excluding hydrogens is 597 g/mol. The number of aryl methyl sites for hydroxylation is 1. The van der Waals surface area contributed by atoms with Gasteiger partial charge in [-0.3, -0.25) is 9.78 Å². The number of nitrogen functional groups attached to an aromatic ring is 1. The van der Waals surface area contributed by atoms with Crippen LogP contribution in [0.1, 0.15) is 12.1 Å². The van der Waals surface area contributed by atoms with Crippen molar-refractivity contribution in [3.8, 4) is 28.7 Å². The SMILES string of the molecule is Cc1cccc(Oc2ccc(-n3c(-c4ccc(NC(=O)CCS(=O)(=O)c5ccccc5)cn4)cc4ncnc(N)c43)cc2F)n1. The molecule has 0 aliphatic carbocycles. The number of hydrogen-bond donors (Lipinski definition) is 2. The Morgan fingerprint density at radius 3 is 2.53 bits per heavy atom. The lowest BCUT2D eigenvalue weighted by molar-refractivity contribution is -0.115. The van der Waals surface area contributed by atoms with Gasteiger partial charge in [0.25, 0.3) is 0 Å². The molecule has 1 amide bonds. The molecule has 0 aliphatic rings. The summed E-state index contributed by atoms with van der Waals surface area (Å²) >= 11 is 0. The van der Waals surface area contributed by atoms with E-state index in [1.807, 2.05) is 13.0 Å². The third-order valence-electron chi connectivity index (χ3n) is 6.88. The van der Waals surface area contributed by atoms with E-state index in [4.69, 9.17) is 10.5 Å². The Morgan fingerprint density at radius 1 is 0.978 bits per heavy atom. The lowest BCUT2D eigenvalue weighted by Gasteiger charge is -2.13. The Morgan fingerprint density at radius 2 is 1.80 bits per heavy atom. The van der Waals surface area contributed by atoms with Crippen molar-refractivity contribution >= 4 is 38.3 Å². The fourth-order valence-corrected chi connectivity index (χ4v) is 5.99. The van der Waals surface area contributed by atoms with Gasteiger partial charge in [-0.25, -0.2) is 27.8 Å². The van der Waals surface area contributed by atoms with Crippen molar-refractivity contribution < 1.29 is 22.3 Å². The molecule has 6 aromatic rings. The van der Waals surface area contributed by atoms with Crippen molar-refractivity contribution in [2.75, 3.05) is 16.8 Å². The summed E-state index contributed by atoms with van der Waals surface area (Å²) in [6.45, 7) is 1.81. The summed E-state index contributed by atoms with van der Waals surface area (Å²) in [7, 11) is -3.60. The molecule has 4 aromatic heterocycles. The minimum atomic E-state index is -3.60. The summed E-state index contributed by atoms with van der Waals surface area (Å²) in [5.74, 6) is -0.988. The molecule has 0 fully saturated rings. The molecule has 4 heterocycles. The maximum Gasteiger partial charge on any atom is 0.225 e. The number of aromatic nitrogens is 5. The Hall–Kier alpha value is -5.69. The monoisotopic (exact) mass is 623 g/mol. The van der Waals surface area contributed by atoms with E-state index in [1.165, 1.54) is 36.8 Å². The quantitative estimate of drug-likeness (QED) is 0.212. The van der Waals surface area contributed by atoms with Crippen LogP contribution in [0.15, 0.2) is 102 Å². The number of ether oxygens (including phenoxy) is 1. The number of sulfone groups is 1. The second-order valence-corrected chi connectivity index (χ2v) is 12.2. The highest BCUT2D eigenvalue weighted by Gasteiger charge is 2.20. The van der Waals surface area contributed by atoms with Crippen LogP contribution in [0.2, 0.25) is 0 Å². The van der Waals surface area contributed by atoms with Gasteiger partial charge in [-0.05, 0) is 55.5 Å². The summed E-state index contributed by atoms with van der Waals surface area (Å²) in [6, 6.07) is 22.7. The van der Waals surface area contributed by atoms with Gasteiger partial charge in [0.05, 0.1) is 39.4 Å². The molecule has 0 aliphatic heterocycles. The Balaban J connectivity index is 1.25. The summed E-state index contributed by atoms with van der Waals surface area (Å²) in [6.07, 6.45) is 2.56. The standard InChI is InChI=1S/C32H26FN7O4S/c1-20-6-5-9-30(38-20)44-28-13-11-22(16-24(28)33)40-27(17-26-31(40)32(34)37-19-36-26)25-12-10-21(18-35-25)39-29(41)14-15-45(42,43)23-7-3-2-4-8-23/h2-13,16-19H,14-15H2,1H3,(H,39,41)(H2,34,36,37). The zero-order valence-corrected chi connectivity index (χ0v) is 24.7. The van der Waals surface area contributed by atoms with E-state index in [-0.39, 0.29) is 34.5 Å². The minimum Gasteiger partial charge on any atom is -0.436 e. The van der Waals surface area contributed by atoms with E-state index >= 15 is 4.39 Å². The third kappa shape index (κ3) is 6.33. The van der Waals surface area contributed by atoms with Crippen molar-refractivity contribution in [3.63, 3.8) is 0 Å². The van der Waals surface area contributed by atoms with Gasteiger partial charge in [0, 0.05) is 29.9 Å². The van der Waals surface area contributed by atoms with Crippen molar-refractivity contribution in [3.05, 3.63) is 109 Å². The lowest BCUT2D eigenvalue weighted by Crippen LogP contribution is -2.17. The number of benzene rings is 2. The van der Waals surface area contributed by atoms with Gasteiger partial charge >= 0.3 is 0 Å². The van der Waals surface area contributed by atoms with Crippen LogP contribution in [-0.2, 0) is 14.6 Å². The third-order valence-corrected chi connectivity index (χ3v) is 8.61. The molecule has 11 nitrogen and oxygen atoms in total. The molecule has 0 unspecified atom stereocenters. The van der Waals surface area contributed by atoms with E-state index < -0.39 is 21.6 Å². The van der Waals surface area contributed by atoms with Gasteiger partial charge < -0.3 is 20.4 Å². The first-order chi connectivity index (χ1) is 21.7. The molecule has 0 saturated carbocycles. The van der Waals surface area contributed by atoms with E-state index in [9.17, 15) is 13.2 Å². The highest BCUT2D eigenvalue weighted by atomic mass is 32.2. The fraction of sp³-hybridized carbons (Fsp3) is 0.0938. The van der Waals surface area contributed by atoms with Gasteiger partial charge in [0.15, 0.2) is 27.2 Å². The summed E-state index contributed by atoms with van der Waals surface area (Å²) in [5, 5.41) is 2.68. The second-order valence-electron chi connectivity index (χ2n) is 10.1. The van der Waals surface area contributed by atoms with Gasteiger partial charge in [0.1, 0.15) is 11.8 Å². The molecular formula is C32H26FN7O4S. The molecule has 0 bridgehead atoms.